The normalized spacial score (nSPS) is 20.8. The number of hydrogen-bond donors (Lipinski definition) is 3. The van der Waals surface area contributed by atoms with Crippen LogP contribution in [0.1, 0.15) is 43.7 Å². The van der Waals surface area contributed by atoms with Gasteiger partial charge in [-0.2, -0.15) is 0 Å². The molecular weight excluding hydrogens is 408 g/mol. The van der Waals surface area contributed by atoms with Crippen LogP contribution >= 0.6 is 0 Å². The Kier molecular flexibility index (Phi) is 6.17. The first kappa shape index (κ1) is 21.9. The molecule has 0 radical (unpaired) electrons. The molecule has 0 aliphatic heterocycles. The Balaban J connectivity index is 1.25. The van der Waals surface area contributed by atoms with E-state index in [4.69, 9.17) is 9.84 Å². The highest BCUT2D eigenvalue weighted by Gasteiger charge is 2.37. The highest BCUT2D eigenvalue weighted by atomic mass is 16.5. The SMILES string of the molecule is CC(NC(=O)C1CC(NC(=O)OCC2c3ccccc3-c3ccccc32)C1)C(C)C(=O)O. The molecule has 1 fully saturated rings. The van der Waals surface area contributed by atoms with Crippen molar-refractivity contribution in [2.45, 2.75) is 44.7 Å². The minimum atomic E-state index is -0.943. The average Bonchev–Trinajstić information content (AvgIpc) is 3.07. The van der Waals surface area contributed by atoms with Gasteiger partial charge in [0.2, 0.25) is 5.91 Å². The lowest BCUT2D eigenvalue weighted by atomic mass is 9.79. The van der Waals surface area contributed by atoms with Crippen molar-refractivity contribution in [1.29, 1.82) is 0 Å². The number of ether oxygens (including phenoxy) is 1. The number of amides is 2. The minimum absolute atomic E-state index is 0.00535. The van der Waals surface area contributed by atoms with Crippen LogP contribution < -0.4 is 10.6 Å². The molecule has 3 N–H and O–H groups in total. The summed E-state index contributed by atoms with van der Waals surface area (Å²) in [5, 5.41) is 14.6. The molecule has 2 aromatic carbocycles. The maximum absolute atomic E-state index is 12.3. The van der Waals surface area contributed by atoms with Crippen LogP contribution in [0.2, 0.25) is 0 Å². The van der Waals surface area contributed by atoms with Gasteiger partial charge in [-0.05, 0) is 48.9 Å². The van der Waals surface area contributed by atoms with Crippen molar-refractivity contribution in [3.63, 3.8) is 0 Å². The van der Waals surface area contributed by atoms with Crippen LogP contribution in [0.4, 0.5) is 4.79 Å². The molecule has 0 bridgehead atoms. The van der Waals surface area contributed by atoms with E-state index >= 15 is 0 Å². The quantitative estimate of drug-likeness (QED) is 0.616. The largest absolute Gasteiger partial charge is 0.481 e. The fourth-order valence-electron chi connectivity index (χ4n) is 4.44. The molecule has 2 aliphatic carbocycles. The molecule has 0 heterocycles. The molecule has 7 nitrogen and oxygen atoms in total. The molecule has 4 rings (SSSR count). The summed E-state index contributed by atoms with van der Waals surface area (Å²) in [6, 6.07) is 15.8. The number of carbonyl (C=O) groups is 3. The summed E-state index contributed by atoms with van der Waals surface area (Å²) in [4.78, 5) is 35.7. The third-order valence-electron chi connectivity index (χ3n) is 6.68. The highest BCUT2D eigenvalue weighted by Crippen LogP contribution is 2.44. The van der Waals surface area contributed by atoms with Gasteiger partial charge in [-0.3, -0.25) is 9.59 Å². The Morgan fingerprint density at radius 2 is 1.56 bits per heavy atom. The number of nitrogens with one attached hydrogen (secondary N) is 2. The summed E-state index contributed by atoms with van der Waals surface area (Å²) in [6.07, 6.45) is 0.553. The zero-order chi connectivity index (χ0) is 22.8. The van der Waals surface area contributed by atoms with Gasteiger partial charge in [0, 0.05) is 23.9 Å². The van der Waals surface area contributed by atoms with Crippen LogP contribution in [0.15, 0.2) is 48.5 Å². The lowest BCUT2D eigenvalue weighted by Gasteiger charge is -2.35. The lowest BCUT2D eigenvalue weighted by Crippen LogP contribution is -2.52. The van der Waals surface area contributed by atoms with E-state index in [1.165, 1.54) is 11.1 Å². The molecule has 2 unspecified atom stereocenters. The topological polar surface area (TPSA) is 105 Å². The van der Waals surface area contributed by atoms with E-state index in [-0.39, 0.29) is 30.4 Å². The van der Waals surface area contributed by atoms with Crippen molar-refractivity contribution in [3.05, 3.63) is 59.7 Å². The Bertz CT molecular complexity index is 985. The number of benzene rings is 2. The fraction of sp³-hybridized carbons (Fsp3) is 0.400. The Morgan fingerprint density at radius 3 is 2.12 bits per heavy atom. The third kappa shape index (κ3) is 4.33. The van der Waals surface area contributed by atoms with Crippen LogP contribution in [0, 0.1) is 11.8 Å². The number of aliphatic carboxylic acids is 1. The Hall–Kier alpha value is -3.35. The Morgan fingerprint density at radius 1 is 1.00 bits per heavy atom. The smallest absolute Gasteiger partial charge is 0.407 e. The molecule has 2 aliphatic rings. The first-order valence-corrected chi connectivity index (χ1v) is 11.0. The molecule has 0 saturated heterocycles. The van der Waals surface area contributed by atoms with Crippen molar-refractivity contribution in [2.24, 2.45) is 11.8 Å². The summed E-state index contributed by atoms with van der Waals surface area (Å²) in [5.74, 6) is -1.99. The number of rotatable bonds is 7. The molecule has 2 aromatic rings. The standard InChI is InChI=1S/C25H28N2O5/c1-14(24(29)30)15(2)26-23(28)16-11-17(12-16)27-25(31)32-13-22-20-9-5-3-7-18(20)19-8-4-6-10-21(19)22/h3-10,14-17,22H,11-13H2,1-2H3,(H,26,28)(H,27,31)(H,29,30). The number of alkyl carbamates (subject to hydrolysis) is 1. The summed E-state index contributed by atoms with van der Waals surface area (Å²) in [5.41, 5.74) is 4.67. The van der Waals surface area contributed by atoms with Gasteiger partial charge >= 0.3 is 12.1 Å². The predicted molar refractivity (Wildman–Crippen MR) is 119 cm³/mol. The number of carboxylic acids is 1. The Labute approximate surface area is 187 Å². The zero-order valence-corrected chi connectivity index (χ0v) is 18.2. The fourth-order valence-corrected chi connectivity index (χ4v) is 4.44. The second kappa shape index (κ2) is 9.02. The lowest BCUT2D eigenvalue weighted by molar-refractivity contribution is -0.142. The van der Waals surface area contributed by atoms with Gasteiger partial charge in [-0.15, -0.1) is 0 Å². The van der Waals surface area contributed by atoms with Gasteiger partial charge < -0.3 is 20.5 Å². The highest BCUT2D eigenvalue weighted by molar-refractivity contribution is 5.82. The van der Waals surface area contributed by atoms with E-state index in [0.717, 1.165) is 11.1 Å². The van der Waals surface area contributed by atoms with Crippen molar-refractivity contribution in [2.75, 3.05) is 6.61 Å². The van der Waals surface area contributed by atoms with Crippen LogP contribution in [0.3, 0.4) is 0 Å². The van der Waals surface area contributed by atoms with Crippen LogP contribution in [0.5, 0.6) is 0 Å². The zero-order valence-electron chi connectivity index (χ0n) is 18.2. The van der Waals surface area contributed by atoms with E-state index in [0.29, 0.717) is 12.8 Å². The first-order chi connectivity index (χ1) is 15.3. The molecule has 2 amide bonds. The van der Waals surface area contributed by atoms with Gasteiger partial charge in [-0.25, -0.2) is 4.79 Å². The van der Waals surface area contributed by atoms with E-state index in [2.05, 4.69) is 34.9 Å². The van der Waals surface area contributed by atoms with Crippen LogP contribution in [-0.4, -0.2) is 41.8 Å². The first-order valence-electron chi connectivity index (χ1n) is 11.0. The molecule has 0 aromatic heterocycles. The van der Waals surface area contributed by atoms with E-state index in [1.54, 1.807) is 13.8 Å². The van der Waals surface area contributed by atoms with Crippen molar-refractivity contribution in [1.82, 2.24) is 10.6 Å². The summed E-state index contributed by atoms with van der Waals surface area (Å²) in [7, 11) is 0. The van der Waals surface area contributed by atoms with Crippen molar-refractivity contribution < 1.29 is 24.2 Å². The molecular formula is C25H28N2O5. The number of carboxylic acid groups (broad SMARTS) is 1. The average molecular weight is 437 g/mol. The molecule has 2 atom stereocenters. The van der Waals surface area contributed by atoms with Crippen LogP contribution in [-0.2, 0) is 14.3 Å². The number of fused-ring (bicyclic) bond motifs is 3. The third-order valence-corrected chi connectivity index (χ3v) is 6.68. The van der Waals surface area contributed by atoms with Gasteiger partial charge in [0.05, 0.1) is 5.92 Å². The van der Waals surface area contributed by atoms with Crippen molar-refractivity contribution in [3.8, 4) is 11.1 Å². The molecule has 32 heavy (non-hydrogen) atoms. The van der Waals surface area contributed by atoms with Crippen LogP contribution in [0.25, 0.3) is 11.1 Å². The number of carbonyl (C=O) groups excluding carboxylic acids is 2. The monoisotopic (exact) mass is 436 g/mol. The van der Waals surface area contributed by atoms with Crippen molar-refractivity contribution >= 4 is 18.0 Å². The molecule has 1 saturated carbocycles. The van der Waals surface area contributed by atoms with Gasteiger partial charge in [0.1, 0.15) is 6.61 Å². The number of hydrogen-bond acceptors (Lipinski definition) is 4. The molecule has 168 valence electrons. The van der Waals surface area contributed by atoms with Gasteiger partial charge in [-0.1, -0.05) is 48.5 Å². The predicted octanol–water partition coefficient (Wildman–Crippen LogP) is 3.53. The summed E-state index contributed by atoms with van der Waals surface area (Å²) >= 11 is 0. The summed E-state index contributed by atoms with van der Waals surface area (Å²) in [6.45, 7) is 3.50. The second-order valence-corrected chi connectivity index (χ2v) is 8.76. The second-order valence-electron chi connectivity index (χ2n) is 8.76. The van der Waals surface area contributed by atoms with Gasteiger partial charge in [0.25, 0.3) is 0 Å². The minimum Gasteiger partial charge on any atom is -0.481 e. The molecule has 0 spiro atoms. The van der Waals surface area contributed by atoms with Gasteiger partial charge in [0.15, 0.2) is 0 Å². The van der Waals surface area contributed by atoms with E-state index < -0.39 is 24.0 Å². The van der Waals surface area contributed by atoms with E-state index in [9.17, 15) is 14.4 Å². The maximum Gasteiger partial charge on any atom is 0.407 e. The van der Waals surface area contributed by atoms with E-state index in [1.807, 2.05) is 24.3 Å². The summed E-state index contributed by atoms with van der Waals surface area (Å²) < 4.78 is 5.55. The molecule has 7 heteroatoms. The maximum atomic E-state index is 12.3.